The molecule has 0 spiro atoms. The van der Waals surface area contributed by atoms with Crippen LogP contribution in [0.25, 0.3) is 0 Å². The predicted octanol–water partition coefficient (Wildman–Crippen LogP) is 3.43. The molecule has 0 atom stereocenters. The lowest BCUT2D eigenvalue weighted by molar-refractivity contribution is 0.102. The Kier molecular flexibility index (Phi) is 4.24. The van der Waals surface area contributed by atoms with Gasteiger partial charge < -0.3 is 15.8 Å². The van der Waals surface area contributed by atoms with E-state index in [1.807, 2.05) is 0 Å². The molecule has 0 aromatic heterocycles. The quantitative estimate of drug-likeness (QED) is 0.842. The largest absolute Gasteiger partial charge is 0.496 e. The third-order valence-corrected chi connectivity index (χ3v) is 3.29. The van der Waals surface area contributed by atoms with E-state index in [1.54, 1.807) is 24.3 Å². The minimum Gasteiger partial charge on any atom is -0.496 e. The maximum Gasteiger partial charge on any atom is 0.259 e. The van der Waals surface area contributed by atoms with Crippen LogP contribution in [0.4, 0.5) is 15.8 Å². The first-order valence-corrected chi connectivity index (χ1v) is 6.50. The van der Waals surface area contributed by atoms with Crippen molar-refractivity contribution in [3.05, 3.63) is 52.3 Å². The second-order valence-electron chi connectivity index (χ2n) is 4.04. The molecule has 3 N–H and O–H groups in total. The summed E-state index contributed by atoms with van der Waals surface area (Å²) < 4.78 is 18.8. The number of hydrogen-bond acceptors (Lipinski definition) is 3. The monoisotopic (exact) mass is 338 g/mol. The SMILES string of the molecule is COc1cc(N)ccc1C(=O)Nc1ccc(Br)c(F)c1. The third-order valence-electron chi connectivity index (χ3n) is 2.65. The van der Waals surface area contributed by atoms with E-state index in [-0.39, 0.29) is 0 Å². The number of amides is 1. The number of ether oxygens (including phenoxy) is 1. The van der Waals surface area contributed by atoms with Crippen LogP contribution in [-0.2, 0) is 0 Å². The fourth-order valence-corrected chi connectivity index (χ4v) is 1.91. The van der Waals surface area contributed by atoms with Crippen LogP contribution in [0.2, 0.25) is 0 Å². The maximum atomic E-state index is 13.4. The van der Waals surface area contributed by atoms with Gasteiger partial charge in [0.1, 0.15) is 11.6 Å². The predicted molar refractivity (Wildman–Crippen MR) is 79.5 cm³/mol. The summed E-state index contributed by atoms with van der Waals surface area (Å²) in [5.41, 5.74) is 6.80. The molecule has 0 fully saturated rings. The minimum atomic E-state index is -0.452. The van der Waals surface area contributed by atoms with E-state index >= 15 is 0 Å². The molecular weight excluding hydrogens is 327 g/mol. The van der Waals surface area contributed by atoms with Crippen LogP contribution in [-0.4, -0.2) is 13.0 Å². The van der Waals surface area contributed by atoms with E-state index in [0.717, 1.165) is 0 Å². The van der Waals surface area contributed by atoms with Gasteiger partial charge >= 0.3 is 0 Å². The van der Waals surface area contributed by atoms with E-state index in [9.17, 15) is 9.18 Å². The molecule has 2 rings (SSSR count). The number of hydrogen-bond donors (Lipinski definition) is 2. The second kappa shape index (κ2) is 5.92. The molecule has 0 unspecified atom stereocenters. The van der Waals surface area contributed by atoms with E-state index in [2.05, 4.69) is 21.2 Å². The van der Waals surface area contributed by atoms with Gasteiger partial charge in [-0.25, -0.2) is 4.39 Å². The summed E-state index contributed by atoms with van der Waals surface area (Å²) in [4.78, 5) is 12.1. The maximum absolute atomic E-state index is 13.4. The number of nitrogens with one attached hydrogen (secondary N) is 1. The second-order valence-corrected chi connectivity index (χ2v) is 4.90. The number of nitrogens with two attached hydrogens (primary N) is 1. The zero-order chi connectivity index (χ0) is 14.7. The van der Waals surface area contributed by atoms with Crippen molar-refractivity contribution in [3.8, 4) is 5.75 Å². The Morgan fingerprint density at radius 1 is 1.30 bits per heavy atom. The summed E-state index contributed by atoms with van der Waals surface area (Å²) in [5.74, 6) is -0.490. The van der Waals surface area contributed by atoms with Crippen molar-refractivity contribution < 1.29 is 13.9 Å². The molecule has 0 aliphatic rings. The van der Waals surface area contributed by atoms with Gasteiger partial charge in [-0.05, 0) is 46.3 Å². The van der Waals surface area contributed by atoms with Crippen LogP contribution in [0.3, 0.4) is 0 Å². The molecule has 0 bridgehead atoms. The molecule has 0 heterocycles. The van der Waals surface area contributed by atoms with Gasteiger partial charge in [-0.2, -0.15) is 0 Å². The first-order valence-electron chi connectivity index (χ1n) is 5.71. The summed E-state index contributed by atoms with van der Waals surface area (Å²) in [6.07, 6.45) is 0. The Labute approximate surface area is 123 Å². The van der Waals surface area contributed by atoms with Crippen molar-refractivity contribution in [1.29, 1.82) is 0 Å². The highest BCUT2D eigenvalue weighted by molar-refractivity contribution is 9.10. The highest BCUT2D eigenvalue weighted by Crippen LogP contribution is 2.24. The Hall–Kier alpha value is -2.08. The highest BCUT2D eigenvalue weighted by Gasteiger charge is 2.13. The van der Waals surface area contributed by atoms with Gasteiger partial charge in [-0.3, -0.25) is 4.79 Å². The molecule has 2 aromatic rings. The number of benzene rings is 2. The van der Waals surface area contributed by atoms with Crippen molar-refractivity contribution in [1.82, 2.24) is 0 Å². The Balaban J connectivity index is 2.25. The average Bonchev–Trinajstić information content (AvgIpc) is 2.42. The van der Waals surface area contributed by atoms with Gasteiger partial charge in [0.25, 0.3) is 5.91 Å². The molecule has 0 saturated heterocycles. The summed E-state index contributed by atoms with van der Waals surface area (Å²) in [7, 11) is 1.45. The summed E-state index contributed by atoms with van der Waals surface area (Å²) in [6.45, 7) is 0. The van der Waals surface area contributed by atoms with E-state index in [0.29, 0.717) is 27.2 Å². The first-order chi connectivity index (χ1) is 9.51. The molecule has 0 aliphatic carbocycles. The Bertz CT molecular complexity index is 662. The van der Waals surface area contributed by atoms with Crippen LogP contribution < -0.4 is 15.8 Å². The number of carbonyl (C=O) groups excluding carboxylic acids is 1. The van der Waals surface area contributed by atoms with Crippen LogP contribution in [0, 0.1) is 5.82 Å². The fraction of sp³-hybridized carbons (Fsp3) is 0.0714. The average molecular weight is 339 g/mol. The smallest absolute Gasteiger partial charge is 0.259 e. The van der Waals surface area contributed by atoms with E-state index < -0.39 is 11.7 Å². The lowest BCUT2D eigenvalue weighted by atomic mass is 10.1. The number of methoxy groups -OCH3 is 1. The van der Waals surface area contributed by atoms with Crippen LogP contribution in [0.15, 0.2) is 40.9 Å². The third kappa shape index (κ3) is 3.08. The number of halogens is 2. The fourth-order valence-electron chi connectivity index (χ4n) is 1.67. The molecule has 0 aliphatic heterocycles. The van der Waals surface area contributed by atoms with Crippen molar-refractivity contribution in [3.63, 3.8) is 0 Å². The molecule has 4 nitrogen and oxygen atoms in total. The molecular formula is C14H12BrFN2O2. The van der Waals surface area contributed by atoms with Crippen molar-refractivity contribution >= 4 is 33.2 Å². The molecule has 0 radical (unpaired) electrons. The Morgan fingerprint density at radius 3 is 2.70 bits per heavy atom. The number of rotatable bonds is 3. The number of carbonyl (C=O) groups is 1. The molecule has 104 valence electrons. The van der Waals surface area contributed by atoms with E-state index in [1.165, 1.54) is 19.2 Å². The standard InChI is InChI=1S/C14H12BrFN2O2/c1-20-13-6-8(17)2-4-10(13)14(19)18-9-3-5-11(15)12(16)7-9/h2-7H,17H2,1H3,(H,18,19). The topological polar surface area (TPSA) is 64.3 Å². The van der Waals surface area contributed by atoms with Gasteiger partial charge in [-0.15, -0.1) is 0 Å². The summed E-state index contributed by atoms with van der Waals surface area (Å²) in [5, 5.41) is 2.60. The molecule has 20 heavy (non-hydrogen) atoms. The van der Waals surface area contributed by atoms with Gasteiger partial charge in [0.15, 0.2) is 0 Å². The molecule has 6 heteroatoms. The van der Waals surface area contributed by atoms with Crippen LogP contribution >= 0.6 is 15.9 Å². The normalized spacial score (nSPS) is 10.2. The Morgan fingerprint density at radius 2 is 2.05 bits per heavy atom. The summed E-state index contributed by atoms with van der Waals surface area (Å²) >= 11 is 3.05. The number of nitrogen functional groups attached to an aromatic ring is 1. The van der Waals surface area contributed by atoms with Gasteiger partial charge in [0, 0.05) is 17.4 Å². The van der Waals surface area contributed by atoms with Gasteiger partial charge in [0.2, 0.25) is 0 Å². The molecule has 1 amide bonds. The molecule has 0 saturated carbocycles. The zero-order valence-corrected chi connectivity index (χ0v) is 12.2. The summed E-state index contributed by atoms with van der Waals surface area (Å²) in [6, 6.07) is 9.04. The first kappa shape index (κ1) is 14.3. The van der Waals surface area contributed by atoms with Crippen molar-refractivity contribution in [2.24, 2.45) is 0 Å². The van der Waals surface area contributed by atoms with E-state index in [4.69, 9.17) is 10.5 Å². The zero-order valence-electron chi connectivity index (χ0n) is 10.6. The lowest BCUT2D eigenvalue weighted by Crippen LogP contribution is -2.13. The lowest BCUT2D eigenvalue weighted by Gasteiger charge is -2.10. The molecule has 2 aromatic carbocycles. The van der Waals surface area contributed by atoms with Crippen molar-refractivity contribution in [2.45, 2.75) is 0 Å². The highest BCUT2D eigenvalue weighted by atomic mass is 79.9. The number of anilines is 2. The minimum absolute atomic E-state index is 0.324. The van der Waals surface area contributed by atoms with Crippen LogP contribution in [0.1, 0.15) is 10.4 Å². The van der Waals surface area contributed by atoms with Crippen molar-refractivity contribution in [2.75, 3.05) is 18.2 Å². The van der Waals surface area contributed by atoms with Gasteiger partial charge in [-0.1, -0.05) is 0 Å². The van der Waals surface area contributed by atoms with Crippen LogP contribution in [0.5, 0.6) is 5.75 Å². The van der Waals surface area contributed by atoms with Gasteiger partial charge in [0.05, 0.1) is 17.1 Å².